The molecule has 0 aromatic carbocycles. The fourth-order valence-electron chi connectivity index (χ4n) is 1.56. The fraction of sp³-hybridized carbons (Fsp3) is 0.444. The van der Waals surface area contributed by atoms with Crippen LogP contribution in [0.2, 0.25) is 0 Å². The summed E-state index contributed by atoms with van der Waals surface area (Å²) in [4.78, 5) is 12.1. The molecule has 0 fully saturated rings. The van der Waals surface area contributed by atoms with Crippen molar-refractivity contribution < 1.29 is 5.11 Å². The first-order chi connectivity index (χ1) is 7.72. The number of anilines is 1. The number of hydrogen-bond acceptors (Lipinski definition) is 6. The Morgan fingerprint density at radius 1 is 1.50 bits per heavy atom. The first kappa shape index (κ1) is 10.8. The number of aromatic nitrogens is 4. The van der Waals surface area contributed by atoms with Crippen molar-refractivity contribution in [1.29, 1.82) is 0 Å². The van der Waals surface area contributed by atoms with Crippen LogP contribution in [0.3, 0.4) is 0 Å². The van der Waals surface area contributed by atoms with Gasteiger partial charge in [-0.2, -0.15) is 0 Å². The molecule has 4 N–H and O–H groups in total. The van der Waals surface area contributed by atoms with Crippen molar-refractivity contribution in [1.82, 2.24) is 24.8 Å². The van der Waals surface area contributed by atoms with Crippen LogP contribution in [0.5, 0.6) is 0 Å². The Morgan fingerprint density at radius 2 is 2.31 bits per heavy atom. The molecule has 0 spiro atoms. The van der Waals surface area contributed by atoms with Gasteiger partial charge in [-0.1, -0.05) is 0 Å². The molecule has 2 heterocycles. The van der Waals surface area contributed by atoms with Crippen LogP contribution < -0.4 is 11.1 Å². The number of nitrogens with one attached hydrogen (secondary N) is 1. The number of nitrogens with zero attached hydrogens (tertiary/aromatic N) is 4. The number of fused-ring (bicyclic) bond motifs is 1. The first-order valence-corrected chi connectivity index (χ1v) is 4.96. The summed E-state index contributed by atoms with van der Waals surface area (Å²) in [5.41, 5.74) is 6.87. The molecule has 0 amide bonds. The summed E-state index contributed by atoms with van der Waals surface area (Å²) in [5.74, 6) is 0.354. The smallest absolute Gasteiger partial charge is 0.165 e. The summed E-state index contributed by atoms with van der Waals surface area (Å²) < 4.78 is 1.76. The van der Waals surface area contributed by atoms with Crippen LogP contribution >= 0.6 is 0 Å². The minimum atomic E-state index is -0.487. The summed E-state index contributed by atoms with van der Waals surface area (Å²) >= 11 is 0. The predicted molar refractivity (Wildman–Crippen MR) is 59.7 cm³/mol. The van der Waals surface area contributed by atoms with Crippen LogP contribution in [0.4, 0.5) is 5.82 Å². The lowest BCUT2D eigenvalue weighted by molar-refractivity contribution is 0.155. The van der Waals surface area contributed by atoms with Gasteiger partial charge in [0.2, 0.25) is 0 Å². The monoisotopic (exact) mass is 222 g/mol. The van der Waals surface area contributed by atoms with E-state index in [1.165, 1.54) is 6.33 Å². The molecule has 1 unspecified atom stereocenters. The van der Waals surface area contributed by atoms with Gasteiger partial charge >= 0.3 is 0 Å². The number of nitrogens with two attached hydrogens (primary N) is 1. The van der Waals surface area contributed by atoms with Crippen LogP contribution in [-0.2, 0) is 6.54 Å². The summed E-state index contributed by atoms with van der Waals surface area (Å²) in [6, 6.07) is 0. The van der Waals surface area contributed by atoms with E-state index in [2.05, 4.69) is 20.3 Å². The minimum Gasteiger partial charge on any atom is -0.390 e. The zero-order valence-corrected chi connectivity index (χ0v) is 8.96. The second kappa shape index (κ2) is 4.42. The molecule has 0 radical (unpaired) electrons. The van der Waals surface area contributed by atoms with Gasteiger partial charge in [-0.3, -0.25) is 0 Å². The Hall–Kier alpha value is -1.73. The zero-order chi connectivity index (χ0) is 11.5. The highest BCUT2D eigenvalue weighted by atomic mass is 16.3. The molecule has 16 heavy (non-hydrogen) atoms. The Kier molecular flexibility index (Phi) is 2.97. The van der Waals surface area contributed by atoms with E-state index in [1.807, 2.05) is 0 Å². The molecule has 2 rings (SSSR count). The molecule has 86 valence electrons. The number of aliphatic hydroxyl groups excluding tert-OH is 1. The highest BCUT2D eigenvalue weighted by Crippen LogP contribution is 2.14. The Bertz CT molecular complexity index is 482. The van der Waals surface area contributed by atoms with E-state index in [4.69, 9.17) is 5.73 Å². The second-order valence-corrected chi connectivity index (χ2v) is 3.54. The van der Waals surface area contributed by atoms with Crippen LogP contribution in [0.15, 0.2) is 12.7 Å². The molecule has 0 aliphatic heterocycles. The molecular formula is C9H14N6O. The third-order valence-electron chi connectivity index (χ3n) is 2.28. The number of rotatable bonds is 4. The van der Waals surface area contributed by atoms with E-state index in [1.54, 1.807) is 17.9 Å². The van der Waals surface area contributed by atoms with Crippen LogP contribution in [0.25, 0.3) is 11.2 Å². The lowest BCUT2D eigenvalue weighted by Gasteiger charge is -2.10. The number of likely N-dealkylation sites (N-methyl/N-ethyl adjacent to an activating group) is 1. The van der Waals surface area contributed by atoms with Crippen molar-refractivity contribution in [3.63, 3.8) is 0 Å². The van der Waals surface area contributed by atoms with Gasteiger partial charge in [0.1, 0.15) is 11.8 Å². The fourth-order valence-corrected chi connectivity index (χ4v) is 1.56. The van der Waals surface area contributed by atoms with E-state index in [-0.39, 0.29) is 0 Å². The summed E-state index contributed by atoms with van der Waals surface area (Å²) in [6.07, 6.45) is 2.51. The summed E-state index contributed by atoms with van der Waals surface area (Å²) in [5, 5.41) is 12.6. The van der Waals surface area contributed by atoms with E-state index < -0.39 is 6.10 Å². The molecular weight excluding hydrogens is 208 g/mol. The van der Waals surface area contributed by atoms with Crippen LogP contribution in [-0.4, -0.2) is 44.3 Å². The first-order valence-electron chi connectivity index (χ1n) is 4.96. The highest BCUT2D eigenvalue weighted by Gasteiger charge is 2.10. The lowest BCUT2D eigenvalue weighted by atomic mass is 10.3. The molecule has 0 bridgehead atoms. The summed E-state index contributed by atoms with van der Waals surface area (Å²) in [7, 11) is 1.79. The molecule has 0 aliphatic carbocycles. The molecule has 2 aromatic heterocycles. The normalized spacial score (nSPS) is 13.1. The van der Waals surface area contributed by atoms with Gasteiger partial charge in [0, 0.05) is 6.54 Å². The SMILES string of the molecule is CNCC(O)Cn1cnc2c(N)ncnc21. The molecule has 1 atom stereocenters. The van der Waals surface area contributed by atoms with Crippen molar-refractivity contribution in [2.24, 2.45) is 0 Å². The van der Waals surface area contributed by atoms with Crippen LogP contribution in [0, 0.1) is 0 Å². The standard InChI is InChI=1S/C9H14N6O/c1-11-2-6(16)3-15-5-14-7-8(10)12-4-13-9(7)15/h4-6,11,16H,2-3H2,1H3,(H2,10,12,13). The molecule has 7 heteroatoms. The van der Waals surface area contributed by atoms with Crippen molar-refractivity contribution in [3.8, 4) is 0 Å². The largest absolute Gasteiger partial charge is 0.390 e. The van der Waals surface area contributed by atoms with Crippen molar-refractivity contribution in [2.45, 2.75) is 12.6 Å². The molecule has 2 aromatic rings. The number of aliphatic hydroxyl groups is 1. The quantitative estimate of drug-likeness (QED) is 0.612. The van der Waals surface area contributed by atoms with Gasteiger partial charge in [0.15, 0.2) is 11.5 Å². The maximum atomic E-state index is 9.66. The Labute approximate surface area is 92.3 Å². The highest BCUT2D eigenvalue weighted by molar-refractivity contribution is 5.81. The maximum absolute atomic E-state index is 9.66. The van der Waals surface area contributed by atoms with Gasteiger partial charge < -0.3 is 20.7 Å². The average molecular weight is 222 g/mol. The van der Waals surface area contributed by atoms with E-state index >= 15 is 0 Å². The Balaban J connectivity index is 2.28. The van der Waals surface area contributed by atoms with Crippen molar-refractivity contribution in [2.75, 3.05) is 19.3 Å². The van der Waals surface area contributed by atoms with Crippen molar-refractivity contribution in [3.05, 3.63) is 12.7 Å². The second-order valence-electron chi connectivity index (χ2n) is 3.54. The molecule has 0 saturated heterocycles. The van der Waals surface area contributed by atoms with Crippen LogP contribution in [0.1, 0.15) is 0 Å². The van der Waals surface area contributed by atoms with Gasteiger partial charge in [0.25, 0.3) is 0 Å². The lowest BCUT2D eigenvalue weighted by Crippen LogP contribution is -2.27. The van der Waals surface area contributed by atoms with Gasteiger partial charge in [0.05, 0.1) is 19.0 Å². The molecule has 0 aliphatic rings. The topological polar surface area (TPSA) is 102 Å². The zero-order valence-electron chi connectivity index (χ0n) is 8.96. The molecule has 7 nitrogen and oxygen atoms in total. The maximum Gasteiger partial charge on any atom is 0.165 e. The third-order valence-corrected chi connectivity index (χ3v) is 2.28. The van der Waals surface area contributed by atoms with E-state index in [0.29, 0.717) is 30.1 Å². The van der Waals surface area contributed by atoms with Gasteiger partial charge in [-0.15, -0.1) is 0 Å². The molecule has 0 saturated carbocycles. The predicted octanol–water partition coefficient (Wildman–Crippen LogP) is -1.01. The van der Waals surface area contributed by atoms with Crippen molar-refractivity contribution >= 4 is 17.0 Å². The number of hydrogen-bond donors (Lipinski definition) is 3. The number of nitrogen functional groups attached to an aromatic ring is 1. The van der Waals surface area contributed by atoms with E-state index in [9.17, 15) is 5.11 Å². The number of imidazole rings is 1. The van der Waals surface area contributed by atoms with Gasteiger partial charge in [-0.05, 0) is 7.05 Å². The van der Waals surface area contributed by atoms with Gasteiger partial charge in [-0.25, -0.2) is 15.0 Å². The minimum absolute atomic E-state index is 0.354. The third kappa shape index (κ3) is 1.95. The summed E-state index contributed by atoms with van der Waals surface area (Å²) in [6.45, 7) is 0.939. The Morgan fingerprint density at radius 3 is 3.06 bits per heavy atom. The average Bonchev–Trinajstić information content (AvgIpc) is 2.64. The van der Waals surface area contributed by atoms with E-state index in [0.717, 1.165) is 0 Å².